The second kappa shape index (κ2) is 25.2. The Morgan fingerprint density at radius 3 is 1.02 bits per heavy atom. The van der Waals surface area contributed by atoms with Gasteiger partial charge in [-0.05, 0) is 59.7 Å². The van der Waals surface area contributed by atoms with Crippen LogP contribution in [0.1, 0.15) is 11.1 Å². The summed E-state index contributed by atoms with van der Waals surface area (Å²) in [7, 11) is 8.04. The minimum absolute atomic E-state index is 0. The second-order valence-electron chi connectivity index (χ2n) is 8.55. The van der Waals surface area contributed by atoms with Crippen LogP contribution in [0, 0.1) is 0 Å². The third-order valence-corrected chi connectivity index (χ3v) is 5.94. The molecule has 0 aliphatic rings. The number of hydrogen-bond acceptors (Lipinski definition) is 8. The third kappa shape index (κ3) is 22.0. The van der Waals surface area contributed by atoms with Crippen LogP contribution in [0.15, 0.2) is 107 Å². The maximum Gasteiger partial charge on any atom is 2.00 e. The summed E-state index contributed by atoms with van der Waals surface area (Å²) in [6.07, 6.45) is 7.11. The molecule has 0 saturated heterocycles. The number of carboxylic acids is 2. The number of hydrogen-bond donors (Lipinski definition) is 0. The van der Waals surface area contributed by atoms with Crippen LogP contribution in [0.4, 0.5) is 11.4 Å². The number of aromatic nitrogens is 2. The van der Waals surface area contributed by atoms with Crippen molar-refractivity contribution in [1.82, 2.24) is 9.97 Å². The van der Waals surface area contributed by atoms with Crippen molar-refractivity contribution in [3.8, 4) is 0 Å². The number of aliphatic carboxylic acids is 2. The fourth-order valence-electron chi connectivity index (χ4n) is 2.82. The Bertz CT molecular complexity index is 1170. The van der Waals surface area contributed by atoms with Crippen LogP contribution >= 0.6 is 31.9 Å². The number of carbonyl (C=O) groups is 2. The quantitative estimate of drug-likeness (QED) is 0.268. The van der Waals surface area contributed by atoms with Gasteiger partial charge in [-0.15, -0.1) is 0 Å². The smallest absolute Gasteiger partial charge is 0.550 e. The van der Waals surface area contributed by atoms with Gasteiger partial charge >= 0.3 is 17.1 Å². The Hall–Kier alpha value is -3.32. The van der Waals surface area contributed by atoms with Crippen molar-refractivity contribution in [1.29, 1.82) is 0 Å². The van der Waals surface area contributed by atoms with E-state index in [0.717, 1.165) is 20.1 Å². The van der Waals surface area contributed by atoms with Gasteiger partial charge in [0, 0.05) is 98.1 Å². The molecular formula is C30H36Br2CuN4O6. The van der Waals surface area contributed by atoms with Crippen LogP contribution in [-0.2, 0) is 39.5 Å². The number of pyridine rings is 2. The van der Waals surface area contributed by atoms with E-state index in [1.165, 1.54) is 11.4 Å². The zero-order valence-electron chi connectivity index (χ0n) is 24.1. The number of anilines is 2. The van der Waals surface area contributed by atoms with Crippen molar-refractivity contribution in [3.63, 3.8) is 0 Å². The van der Waals surface area contributed by atoms with Gasteiger partial charge in [-0.2, -0.15) is 0 Å². The van der Waals surface area contributed by atoms with Crippen molar-refractivity contribution in [2.24, 2.45) is 0 Å². The normalized spacial score (nSPS) is 8.70. The van der Waals surface area contributed by atoms with Crippen molar-refractivity contribution >= 4 is 55.2 Å². The number of rotatable bonds is 6. The number of carboxylic acid groups (broad SMARTS) is 2. The van der Waals surface area contributed by atoms with Crippen LogP contribution < -0.4 is 20.0 Å². The van der Waals surface area contributed by atoms with Crippen LogP contribution in [-0.4, -0.2) is 61.0 Å². The third-order valence-electron chi connectivity index (χ3n) is 4.88. The standard InChI is InChI=1S/2C8H7BrO2.2C7H10N2.Cu.2H2O/c2*9-7-3-1-6(2-4-7)5-8(10)11;2*1-9(2)7-3-5-8-6-4-7;;;/h2*1-4H,5H2,(H,10,11);2*3-6H,1-2H3;;2*1H2/q;;;;+2;;/p-2. The SMILES string of the molecule is CN(C)c1ccncc1.CN(C)c1ccncc1.O.O.O=C([O-])Cc1ccc(Br)cc1.O=C([O-])Cc1ccc(Br)cc1.[Cu+2]. The number of nitrogens with zero attached hydrogens (tertiary/aromatic N) is 4. The first-order valence-electron chi connectivity index (χ1n) is 12.0. The van der Waals surface area contributed by atoms with E-state index in [1.54, 1.807) is 73.3 Å². The van der Waals surface area contributed by atoms with E-state index in [9.17, 15) is 19.8 Å². The second-order valence-corrected chi connectivity index (χ2v) is 10.4. The van der Waals surface area contributed by atoms with E-state index in [1.807, 2.05) is 62.3 Å². The molecule has 0 saturated carbocycles. The van der Waals surface area contributed by atoms with Gasteiger partial charge in [0.25, 0.3) is 0 Å². The molecule has 0 aliphatic heterocycles. The Morgan fingerprint density at radius 1 is 0.581 bits per heavy atom. The molecule has 43 heavy (non-hydrogen) atoms. The van der Waals surface area contributed by atoms with E-state index in [-0.39, 0.29) is 40.9 Å². The molecular weight excluding hydrogens is 736 g/mol. The molecule has 0 atom stereocenters. The Balaban J connectivity index is -0.000000487. The zero-order chi connectivity index (χ0) is 29.9. The van der Waals surface area contributed by atoms with Crippen molar-refractivity contribution in [2.45, 2.75) is 12.8 Å². The molecule has 4 rings (SSSR count). The van der Waals surface area contributed by atoms with E-state index >= 15 is 0 Å². The summed E-state index contributed by atoms with van der Waals surface area (Å²) < 4.78 is 1.89. The van der Waals surface area contributed by atoms with Crippen molar-refractivity contribution in [3.05, 3.63) is 118 Å². The van der Waals surface area contributed by atoms with Crippen LogP contribution in [0.3, 0.4) is 0 Å². The van der Waals surface area contributed by atoms with Gasteiger partial charge in [0.15, 0.2) is 0 Å². The molecule has 0 fully saturated rings. The molecule has 0 spiro atoms. The van der Waals surface area contributed by atoms with E-state index in [4.69, 9.17) is 0 Å². The van der Waals surface area contributed by atoms with Crippen LogP contribution in [0.5, 0.6) is 0 Å². The molecule has 2 heterocycles. The maximum absolute atomic E-state index is 10.1. The largest absolute Gasteiger partial charge is 2.00 e. The Kier molecular flexibility index (Phi) is 25.9. The molecule has 10 nitrogen and oxygen atoms in total. The fraction of sp³-hybridized carbons (Fsp3) is 0.200. The van der Waals surface area contributed by atoms with Gasteiger partial charge in [0.1, 0.15) is 0 Å². The van der Waals surface area contributed by atoms with Gasteiger partial charge in [-0.25, -0.2) is 0 Å². The molecule has 2 aromatic carbocycles. The molecule has 13 heteroatoms. The monoisotopic (exact) mass is 769 g/mol. The average molecular weight is 772 g/mol. The summed E-state index contributed by atoms with van der Waals surface area (Å²) in [4.78, 5) is 32.2. The molecule has 0 amide bonds. The molecule has 0 unspecified atom stereocenters. The molecule has 4 N–H and O–H groups in total. The predicted molar refractivity (Wildman–Crippen MR) is 170 cm³/mol. The Labute approximate surface area is 280 Å². The van der Waals surface area contributed by atoms with Gasteiger partial charge in [0.2, 0.25) is 0 Å². The van der Waals surface area contributed by atoms with E-state index < -0.39 is 11.9 Å². The zero-order valence-corrected chi connectivity index (χ0v) is 28.2. The maximum atomic E-state index is 10.1. The number of halogens is 2. The van der Waals surface area contributed by atoms with Crippen molar-refractivity contribution in [2.75, 3.05) is 38.0 Å². The van der Waals surface area contributed by atoms with Gasteiger partial charge in [-0.3, -0.25) is 9.97 Å². The summed E-state index contributed by atoms with van der Waals surface area (Å²) in [5.74, 6) is -2.10. The molecule has 0 bridgehead atoms. The van der Waals surface area contributed by atoms with Crippen LogP contribution in [0.25, 0.3) is 0 Å². The first-order chi connectivity index (χ1) is 19.0. The first-order valence-corrected chi connectivity index (χ1v) is 13.6. The predicted octanol–water partition coefficient (Wildman–Crippen LogP) is 2.13. The fourth-order valence-corrected chi connectivity index (χ4v) is 3.35. The van der Waals surface area contributed by atoms with E-state index in [0.29, 0.717) is 0 Å². The topological polar surface area (TPSA) is 176 Å². The van der Waals surface area contributed by atoms with Gasteiger partial charge < -0.3 is 40.6 Å². The molecule has 237 valence electrons. The summed E-state index contributed by atoms with van der Waals surface area (Å²) in [6.45, 7) is 0. The first kappa shape index (κ1) is 44.1. The Morgan fingerprint density at radius 2 is 0.837 bits per heavy atom. The molecule has 2 aromatic heterocycles. The molecule has 1 radical (unpaired) electrons. The van der Waals surface area contributed by atoms with Gasteiger partial charge in [-0.1, -0.05) is 56.1 Å². The summed E-state index contributed by atoms with van der Waals surface area (Å²) in [5.41, 5.74) is 3.89. The average Bonchev–Trinajstić information content (AvgIpc) is 2.93. The minimum atomic E-state index is -1.05. The minimum Gasteiger partial charge on any atom is -0.550 e. The summed E-state index contributed by atoms with van der Waals surface area (Å²) in [5, 5.41) is 20.3. The molecule has 4 aromatic rings. The molecule has 0 aliphatic carbocycles. The summed E-state index contributed by atoms with van der Waals surface area (Å²) in [6, 6.07) is 22.1. The van der Waals surface area contributed by atoms with Gasteiger partial charge in [0.05, 0.1) is 0 Å². The summed E-state index contributed by atoms with van der Waals surface area (Å²) >= 11 is 6.50. The number of benzene rings is 2. The van der Waals surface area contributed by atoms with Crippen molar-refractivity contribution < 1.29 is 47.8 Å². The van der Waals surface area contributed by atoms with E-state index in [2.05, 4.69) is 41.8 Å². The van der Waals surface area contributed by atoms with Crippen LogP contribution in [0.2, 0.25) is 0 Å². The number of carbonyl (C=O) groups excluding carboxylic acids is 2.